The summed E-state index contributed by atoms with van der Waals surface area (Å²) in [6.07, 6.45) is 5.15. The third-order valence-electron chi connectivity index (χ3n) is 8.78. The molecule has 0 aliphatic carbocycles. The molecule has 10 nitrogen and oxygen atoms in total. The SMILES string of the molecule is CCOc1nc(Cl)ccc1C1(N2CCN(c3ccncc3)CC2)CN(S(=O)(=O)c2cccc3cccnc23)c2ccc(C#N)cc21. The van der Waals surface area contributed by atoms with Crippen LogP contribution in [0.5, 0.6) is 5.88 Å². The Balaban J connectivity index is 1.43. The molecule has 0 bridgehead atoms. The highest BCUT2D eigenvalue weighted by Gasteiger charge is 2.54. The molecule has 46 heavy (non-hydrogen) atoms. The lowest BCUT2D eigenvalue weighted by Crippen LogP contribution is -2.58. The average Bonchev–Trinajstić information content (AvgIpc) is 3.45. The summed E-state index contributed by atoms with van der Waals surface area (Å²) >= 11 is 6.39. The Kier molecular flexibility index (Phi) is 7.72. The van der Waals surface area contributed by atoms with Crippen LogP contribution >= 0.6 is 11.6 Å². The molecule has 7 rings (SSSR count). The summed E-state index contributed by atoms with van der Waals surface area (Å²) in [5.41, 5.74) is 2.68. The van der Waals surface area contributed by atoms with Crippen LogP contribution in [0.15, 0.2) is 96.3 Å². The van der Waals surface area contributed by atoms with Gasteiger partial charge in [0.25, 0.3) is 10.0 Å². The lowest BCUT2D eigenvalue weighted by atomic mass is 9.82. The van der Waals surface area contributed by atoms with Gasteiger partial charge in [-0.2, -0.15) is 5.26 Å². The number of hydrogen-bond acceptors (Lipinski definition) is 9. The maximum Gasteiger partial charge on any atom is 0.266 e. The summed E-state index contributed by atoms with van der Waals surface area (Å²) in [7, 11) is -4.15. The highest BCUT2D eigenvalue weighted by atomic mass is 35.5. The maximum absolute atomic E-state index is 14.8. The number of nitrogens with zero attached hydrogens (tertiary/aromatic N) is 7. The predicted molar refractivity (Wildman–Crippen MR) is 177 cm³/mol. The van der Waals surface area contributed by atoms with Crippen molar-refractivity contribution in [2.45, 2.75) is 17.4 Å². The van der Waals surface area contributed by atoms with Crippen molar-refractivity contribution in [3.05, 3.63) is 113 Å². The molecule has 5 aromatic rings. The van der Waals surface area contributed by atoms with Crippen molar-refractivity contribution in [2.75, 3.05) is 48.5 Å². The largest absolute Gasteiger partial charge is 0.478 e. The third-order valence-corrected chi connectivity index (χ3v) is 10.8. The van der Waals surface area contributed by atoms with Gasteiger partial charge in [-0.05, 0) is 61.5 Å². The van der Waals surface area contributed by atoms with Crippen LogP contribution in [0.2, 0.25) is 5.15 Å². The van der Waals surface area contributed by atoms with Crippen LogP contribution in [0.1, 0.15) is 23.6 Å². The quantitative estimate of drug-likeness (QED) is 0.218. The first kappa shape index (κ1) is 29.9. The number of piperazine rings is 1. The molecule has 12 heteroatoms. The maximum atomic E-state index is 14.8. The monoisotopic (exact) mass is 651 g/mol. The molecule has 1 atom stereocenters. The van der Waals surface area contributed by atoms with Crippen molar-refractivity contribution < 1.29 is 13.2 Å². The topological polar surface area (TPSA) is 116 Å². The van der Waals surface area contributed by atoms with Crippen LogP contribution in [0.4, 0.5) is 11.4 Å². The molecule has 232 valence electrons. The van der Waals surface area contributed by atoms with E-state index in [0.29, 0.717) is 66.6 Å². The second kappa shape index (κ2) is 11.9. The Morgan fingerprint density at radius 3 is 2.50 bits per heavy atom. The first-order valence-electron chi connectivity index (χ1n) is 15.0. The van der Waals surface area contributed by atoms with Crippen LogP contribution in [0, 0.1) is 11.3 Å². The van der Waals surface area contributed by atoms with E-state index in [0.717, 1.165) is 11.1 Å². The fraction of sp³-hybridized carbons (Fsp3) is 0.235. The van der Waals surface area contributed by atoms with E-state index < -0.39 is 15.6 Å². The molecular weight excluding hydrogens is 622 g/mol. The highest BCUT2D eigenvalue weighted by molar-refractivity contribution is 7.93. The highest BCUT2D eigenvalue weighted by Crippen LogP contribution is 2.52. The number of rotatable bonds is 7. The molecule has 1 unspecified atom stereocenters. The molecule has 0 saturated carbocycles. The molecule has 2 aliphatic rings. The van der Waals surface area contributed by atoms with Gasteiger partial charge in [0.15, 0.2) is 0 Å². The summed E-state index contributed by atoms with van der Waals surface area (Å²) in [5.74, 6) is 0.325. The first-order chi connectivity index (χ1) is 22.4. The first-order valence-corrected chi connectivity index (χ1v) is 16.8. The molecular formula is C34H30ClN7O3S. The molecule has 1 saturated heterocycles. The molecule has 0 spiro atoms. The molecule has 0 amide bonds. The van der Waals surface area contributed by atoms with E-state index >= 15 is 0 Å². The van der Waals surface area contributed by atoms with Gasteiger partial charge in [0.05, 0.1) is 41.5 Å². The van der Waals surface area contributed by atoms with E-state index in [1.54, 1.807) is 61.1 Å². The second-order valence-corrected chi connectivity index (χ2v) is 13.4. The summed E-state index contributed by atoms with van der Waals surface area (Å²) in [6, 6.07) is 23.8. The van der Waals surface area contributed by atoms with Crippen LogP contribution in [0.3, 0.4) is 0 Å². The van der Waals surface area contributed by atoms with Gasteiger partial charge in [0.1, 0.15) is 10.0 Å². The lowest BCUT2D eigenvalue weighted by molar-refractivity contribution is 0.123. The van der Waals surface area contributed by atoms with Gasteiger partial charge >= 0.3 is 0 Å². The zero-order chi connectivity index (χ0) is 31.9. The van der Waals surface area contributed by atoms with E-state index in [2.05, 4.69) is 30.8 Å². The Morgan fingerprint density at radius 1 is 0.957 bits per heavy atom. The van der Waals surface area contributed by atoms with E-state index in [1.807, 2.05) is 37.3 Å². The Labute approximate surface area is 272 Å². The van der Waals surface area contributed by atoms with Gasteiger partial charge in [-0.15, -0.1) is 0 Å². The van der Waals surface area contributed by atoms with Crippen molar-refractivity contribution in [1.29, 1.82) is 5.26 Å². The fourth-order valence-electron chi connectivity index (χ4n) is 6.70. The van der Waals surface area contributed by atoms with Gasteiger partial charge < -0.3 is 9.64 Å². The summed E-state index contributed by atoms with van der Waals surface area (Å²) in [4.78, 5) is 17.9. The number of fused-ring (bicyclic) bond motifs is 2. The molecule has 1 fully saturated rings. The lowest BCUT2D eigenvalue weighted by Gasteiger charge is -2.47. The zero-order valence-corrected chi connectivity index (χ0v) is 26.6. The van der Waals surface area contributed by atoms with Crippen LogP contribution in [0.25, 0.3) is 10.9 Å². The van der Waals surface area contributed by atoms with Crippen molar-refractivity contribution in [1.82, 2.24) is 19.9 Å². The molecule has 0 radical (unpaired) electrons. The number of sulfonamides is 1. The number of benzene rings is 2. The van der Waals surface area contributed by atoms with E-state index in [4.69, 9.17) is 16.3 Å². The number of aromatic nitrogens is 3. The van der Waals surface area contributed by atoms with E-state index in [9.17, 15) is 13.7 Å². The molecule has 2 aliphatic heterocycles. The van der Waals surface area contributed by atoms with Crippen molar-refractivity contribution >= 4 is 43.9 Å². The van der Waals surface area contributed by atoms with Crippen molar-refractivity contribution in [3.8, 4) is 11.9 Å². The number of pyridine rings is 3. The molecule has 5 heterocycles. The predicted octanol–water partition coefficient (Wildman–Crippen LogP) is 5.22. The number of halogens is 1. The minimum atomic E-state index is -4.15. The van der Waals surface area contributed by atoms with E-state index in [1.165, 1.54) is 4.31 Å². The molecule has 3 aromatic heterocycles. The van der Waals surface area contributed by atoms with Gasteiger partial charge in [-0.25, -0.2) is 13.4 Å². The van der Waals surface area contributed by atoms with Crippen LogP contribution < -0.4 is 13.9 Å². The standard InChI is InChI=1S/C34H30ClN7O3S/c1-2-45-33-27(9-11-31(35)39-33)34(41-19-17-40(18-20-41)26-12-15-37-16-13-26)23-42(29-10-8-24(22-36)21-28(29)34)46(43,44)30-7-3-5-25-6-4-14-38-32(25)30/h3-16,21H,2,17-20,23H2,1H3. The summed E-state index contributed by atoms with van der Waals surface area (Å²) in [6.45, 7) is 4.79. The Hall–Kier alpha value is -4.76. The van der Waals surface area contributed by atoms with E-state index in [-0.39, 0.29) is 16.6 Å². The third kappa shape index (κ3) is 4.90. The number of hydrogen-bond donors (Lipinski definition) is 0. The zero-order valence-electron chi connectivity index (χ0n) is 25.0. The Morgan fingerprint density at radius 2 is 1.74 bits per heavy atom. The van der Waals surface area contributed by atoms with Gasteiger partial charge in [0.2, 0.25) is 5.88 Å². The normalized spacial score (nSPS) is 18.4. The molecule has 2 aromatic carbocycles. The van der Waals surface area contributed by atoms with Gasteiger partial charge in [-0.1, -0.05) is 29.8 Å². The fourth-order valence-corrected chi connectivity index (χ4v) is 8.52. The van der Waals surface area contributed by atoms with Crippen molar-refractivity contribution in [2.24, 2.45) is 0 Å². The minimum absolute atomic E-state index is 0.0292. The Bertz CT molecular complexity index is 2080. The summed E-state index contributed by atoms with van der Waals surface area (Å²) < 4.78 is 37.1. The minimum Gasteiger partial charge on any atom is -0.478 e. The average molecular weight is 652 g/mol. The van der Waals surface area contributed by atoms with Crippen LogP contribution in [-0.2, 0) is 15.6 Å². The van der Waals surface area contributed by atoms with Crippen LogP contribution in [-0.4, -0.2) is 67.6 Å². The van der Waals surface area contributed by atoms with Crippen molar-refractivity contribution in [3.63, 3.8) is 0 Å². The number of anilines is 2. The number of ether oxygens (including phenoxy) is 1. The number of nitriles is 1. The van der Waals surface area contributed by atoms with Gasteiger partial charge in [0, 0.05) is 67.0 Å². The van der Waals surface area contributed by atoms with Gasteiger partial charge in [-0.3, -0.25) is 19.2 Å². The summed E-state index contributed by atoms with van der Waals surface area (Å²) in [5, 5.41) is 11.0. The number of para-hydroxylation sites is 1. The second-order valence-electron chi connectivity index (χ2n) is 11.1. The molecule has 0 N–H and O–H groups in total. The smallest absolute Gasteiger partial charge is 0.266 e.